The van der Waals surface area contributed by atoms with Crippen LogP contribution in [0.25, 0.3) is 22.0 Å². The van der Waals surface area contributed by atoms with Crippen LogP contribution in [0.3, 0.4) is 0 Å². The van der Waals surface area contributed by atoms with Crippen LogP contribution in [0.5, 0.6) is 0 Å². The molecule has 0 bridgehead atoms. The number of nitrogens with two attached hydrogens (primary N) is 1. The summed E-state index contributed by atoms with van der Waals surface area (Å²) in [7, 11) is 0. The number of hydrogen-bond donors (Lipinski definition) is 4. The highest BCUT2D eigenvalue weighted by atomic mass is 35.5. The third-order valence-corrected chi connectivity index (χ3v) is 3.72. The lowest BCUT2D eigenvalue weighted by atomic mass is 10.0. The van der Waals surface area contributed by atoms with Gasteiger partial charge >= 0.3 is 0 Å². The van der Waals surface area contributed by atoms with Gasteiger partial charge in [-0.1, -0.05) is 30.3 Å². The summed E-state index contributed by atoms with van der Waals surface area (Å²) >= 11 is 0. The van der Waals surface area contributed by atoms with Crippen molar-refractivity contribution >= 4 is 47.2 Å². The SMILES string of the molecule is Cl.Cl.NCCNCC(=O)Nc1cccc(-c2n[nH]c(=O)c3ccccc23)c1. The van der Waals surface area contributed by atoms with Crippen molar-refractivity contribution in [1.29, 1.82) is 0 Å². The highest BCUT2D eigenvalue weighted by molar-refractivity contribution is 5.96. The van der Waals surface area contributed by atoms with E-state index in [1.54, 1.807) is 12.1 Å². The maximum atomic E-state index is 11.9. The smallest absolute Gasteiger partial charge is 0.272 e. The molecule has 1 heterocycles. The number of amides is 1. The largest absolute Gasteiger partial charge is 0.329 e. The van der Waals surface area contributed by atoms with E-state index >= 15 is 0 Å². The van der Waals surface area contributed by atoms with E-state index in [2.05, 4.69) is 20.8 Å². The van der Waals surface area contributed by atoms with E-state index in [0.29, 0.717) is 29.9 Å². The van der Waals surface area contributed by atoms with Gasteiger partial charge in [0, 0.05) is 29.7 Å². The van der Waals surface area contributed by atoms with Crippen molar-refractivity contribution in [2.24, 2.45) is 5.73 Å². The zero-order chi connectivity index (χ0) is 17.6. The van der Waals surface area contributed by atoms with Crippen LogP contribution in [0, 0.1) is 0 Å². The minimum Gasteiger partial charge on any atom is -0.329 e. The number of nitrogens with one attached hydrogen (secondary N) is 3. The Balaban J connectivity index is 0.00000182. The zero-order valence-corrected chi connectivity index (χ0v) is 16.0. The lowest BCUT2D eigenvalue weighted by molar-refractivity contribution is -0.115. The Kier molecular flexibility index (Phi) is 8.90. The number of nitrogens with zero attached hydrogens (tertiary/aromatic N) is 1. The van der Waals surface area contributed by atoms with Crippen LogP contribution in [0.2, 0.25) is 0 Å². The van der Waals surface area contributed by atoms with Gasteiger partial charge in [-0.2, -0.15) is 5.10 Å². The highest BCUT2D eigenvalue weighted by Gasteiger charge is 2.09. The third-order valence-electron chi connectivity index (χ3n) is 3.72. The summed E-state index contributed by atoms with van der Waals surface area (Å²) in [6.07, 6.45) is 0. The molecule has 0 spiro atoms. The number of anilines is 1. The molecule has 0 fully saturated rings. The number of rotatable bonds is 6. The summed E-state index contributed by atoms with van der Waals surface area (Å²) in [5.74, 6) is -0.148. The second kappa shape index (κ2) is 10.6. The summed E-state index contributed by atoms with van der Waals surface area (Å²) < 4.78 is 0. The summed E-state index contributed by atoms with van der Waals surface area (Å²) in [4.78, 5) is 23.8. The number of halogens is 2. The van der Waals surface area contributed by atoms with E-state index in [1.807, 2.05) is 36.4 Å². The Bertz CT molecular complexity index is 962. The molecule has 2 aromatic carbocycles. The van der Waals surface area contributed by atoms with Gasteiger partial charge in [-0.25, -0.2) is 5.10 Å². The van der Waals surface area contributed by atoms with Gasteiger partial charge in [0.15, 0.2) is 0 Å². The molecule has 9 heteroatoms. The molecular weight excluding hydrogens is 389 g/mol. The van der Waals surface area contributed by atoms with E-state index in [1.165, 1.54) is 0 Å². The van der Waals surface area contributed by atoms with Gasteiger partial charge in [0.05, 0.1) is 17.6 Å². The van der Waals surface area contributed by atoms with Crippen molar-refractivity contribution in [1.82, 2.24) is 15.5 Å². The number of fused-ring (bicyclic) bond motifs is 1. The van der Waals surface area contributed by atoms with Crippen molar-refractivity contribution in [3.8, 4) is 11.3 Å². The quantitative estimate of drug-likeness (QED) is 0.464. The molecule has 0 saturated heterocycles. The standard InChI is InChI=1S/C18H19N5O2.2ClH/c19-8-9-20-11-16(24)21-13-5-3-4-12(10-13)17-14-6-1-2-7-15(14)18(25)23-22-17;;/h1-7,10,20H,8-9,11,19H2,(H,21,24)(H,23,25);2*1H. The van der Waals surface area contributed by atoms with Gasteiger partial charge in [0.1, 0.15) is 0 Å². The number of hydrogen-bond acceptors (Lipinski definition) is 5. The van der Waals surface area contributed by atoms with Crippen molar-refractivity contribution in [3.05, 3.63) is 58.9 Å². The minimum atomic E-state index is -0.227. The maximum absolute atomic E-state index is 11.9. The number of benzene rings is 2. The molecule has 0 atom stereocenters. The Morgan fingerprint density at radius 2 is 1.81 bits per heavy atom. The van der Waals surface area contributed by atoms with Gasteiger partial charge in [-0.3, -0.25) is 9.59 Å². The molecule has 0 aliphatic heterocycles. The topological polar surface area (TPSA) is 113 Å². The first-order valence-corrected chi connectivity index (χ1v) is 7.97. The molecule has 0 saturated carbocycles. The first kappa shape index (κ1) is 22.6. The van der Waals surface area contributed by atoms with Gasteiger partial charge in [0.25, 0.3) is 5.56 Å². The van der Waals surface area contributed by atoms with E-state index < -0.39 is 0 Å². The van der Waals surface area contributed by atoms with Crippen LogP contribution in [0.4, 0.5) is 5.69 Å². The van der Waals surface area contributed by atoms with E-state index in [9.17, 15) is 9.59 Å². The van der Waals surface area contributed by atoms with Crippen LogP contribution >= 0.6 is 24.8 Å². The molecule has 1 aromatic heterocycles. The van der Waals surface area contributed by atoms with E-state index in [0.717, 1.165) is 10.9 Å². The third kappa shape index (κ3) is 5.51. The number of aromatic nitrogens is 2. The summed E-state index contributed by atoms with van der Waals surface area (Å²) in [6, 6.07) is 14.6. The number of carbonyl (C=O) groups excluding carboxylic acids is 1. The van der Waals surface area contributed by atoms with Crippen LogP contribution in [0.15, 0.2) is 53.3 Å². The van der Waals surface area contributed by atoms with Gasteiger partial charge < -0.3 is 16.4 Å². The van der Waals surface area contributed by atoms with Crippen molar-refractivity contribution in [3.63, 3.8) is 0 Å². The maximum Gasteiger partial charge on any atom is 0.272 e. The summed E-state index contributed by atoms with van der Waals surface area (Å²) in [6.45, 7) is 1.26. The molecule has 0 radical (unpaired) electrons. The summed E-state index contributed by atoms with van der Waals surface area (Å²) in [5.41, 5.74) is 7.28. The minimum absolute atomic E-state index is 0. The molecule has 7 nitrogen and oxygen atoms in total. The molecule has 0 aliphatic rings. The van der Waals surface area contributed by atoms with E-state index in [-0.39, 0.29) is 42.8 Å². The summed E-state index contributed by atoms with van der Waals surface area (Å²) in [5, 5.41) is 13.8. The van der Waals surface area contributed by atoms with E-state index in [4.69, 9.17) is 5.73 Å². The number of carbonyl (C=O) groups is 1. The Morgan fingerprint density at radius 1 is 1.07 bits per heavy atom. The van der Waals surface area contributed by atoms with Gasteiger partial charge in [0.2, 0.25) is 5.91 Å². The number of H-pyrrole nitrogens is 1. The fourth-order valence-corrected chi connectivity index (χ4v) is 2.59. The number of aromatic amines is 1. The van der Waals surface area contributed by atoms with Crippen molar-refractivity contribution in [2.75, 3.05) is 25.0 Å². The molecular formula is C18H21Cl2N5O2. The molecule has 3 aromatic rings. The van der Waals surface area contributed by atoms with Crippen LogP contribution in [0.1, 0.15) is 0 Å². The molecule has 1 amide bonds. The Hall–Kier alpha value is -2.45. The average molecular weight is 410 g/mol. The predicted octanol–water partition coefficient (Wildman–Crippen LogP) is 1.92. The fraction of sp³-hybridized carbons (Fsp3) is 0.167. The lowest BCUT2D eigenvalue weighted by Crippen LogP contribution is -2.31. The second-order valence-corrected chi connectivity index (χ2v) is 5.54. The second-order valence-electron chi connectivity index (χ2n) is 5.54. The molecule has 5 N–H and O–H groups in total. The molecule has 3 rings (SSSR count). The fourth-order valence-electron chi connectivity index (χ4n) is 2.59. The van der Waals surface area contributed by atoms with Crippen LogP contribution < -0.4 is 21.9 Å². The first-order chi connectivity index (χ1) is 12.2. The predicted molar refractivity (Wildman–Crippen MR) is 113 cm³/mol. The molecule has 27 heavy (non-hydrogen) atoms. The molecule has 144 valence electrons. The Labute approximate surface area is 168 Å². The average Bonchev–Trinajstić information content (AvgIpc) is 2.63. The molecule has 0 aliphatic carbocycles. The Morgan fingerprint density at radius 3 is 2.56 bits per heavy atom. The van der Waals surface area contributed by atoms with Crippen LogP contribution in [-0.4, -0.2) is 35.7 Å². The normalized spacial score (nSPS) is 9.96. The highest BCUT2D eigenvalue weighted by Crippen LogP contribution is 2.26. The zero-order valence-electron chi connectivity index (χ0n) is 14.4. The van der Waals surface area contributed by atoms with Crippen molar-refractivity contribution in [2.45, 2.75) is 0 Å². The van der Waals surface area contributed by atoms with Crippen LogP contribution in [-0.2, 0) is 4.79 Å². The first-order valence-electron chi connectivity index (χ1n) is 7.97. The monoisotopic (exact) mass is 409 g/mol. The lowest BCUT2D eigenvalue weighted by Gasteiger charge is -2.09. The van der Waals surface area contributed by atoms with Gasteiger partial charge in [-0.05, 0) is 18.2 Å². The van der Waals surface area contributed by atoms with Crippen molar-refractivity contribution < 1.29 is 4.79 Å². The molecule has 0 unspecified atom stereocenters. The van der Waals surface area contributed by atoms with Gasteiger partial charge in [-0.15, -0.1) is 24.8 Å².